The molecule has 2 aromatic carbocycles. The summed E-state index contributed by atoms with van der Waals surface area (Å²) in [5.41, 5.74) is 0.630. The molecule has 2 bridgehead atoms. The van der Waals surface area contributed by atoms with Crippen molar-refractivity contribution in [2.24, 2.45) is 23.7 Å². The standard InChI is InChI=1S/C20H17NO3/c22-16-10-13-6-8-15(16)18-17(13)19(23)21(20(18)24)14-7-5-11-3-1-2-4-12(11)9-14/h1-5,7,9,13,15,17-18H,6,8,10H2/t13-,15+,17+,18-/m1/s1. The fourth-order valence-corrected chi connectivity index (χ4v) is 4.95. The van der Waals surface area contributed by atoms with E-state index in [-0.39, 0.29) is 35.4 Å². The van der Waals surface area contributed by atoms with Crippen LogP contribution >= 0.6 is 0 Å². The van der Waals surface area contributed by atoms with E-state index in [9.17, 15) is 14.4 Å². The molecule has 4 fully saturated rings. The van der Waals surface area contributed by atoms with Crippen molar-refractivity contribution in [1.29, 1.82) is 0 Å². The molecule has 0 radical (unpaired) electrons. The molecule has 2 aromatic rings. The van der Waals surface area contributed by atoms with Crippen LogP contribution in [0, 0.1) is 23.7 Å². The number of benzene rings is 2. The van der Waals surface area contributed by atoms with Crippen LogP contribution in [0.25, 0.3) is 10.8 Å². The minimum absolute atomic E-state index is 0.0504. The van der Waals surface area contributed by atoms with Gasteiger partial charge in [-0.05, 0) is 41.7 Å². The number of carbonyl (C=O) groups is 3. The van der Waals surface area contributed by atoms with Crippen LogP contribution in [0.4, 0.5) is 5.69 Å². The number of Topliss-reactive ketones (excluding diaryl/α,β-unsaturated/α-hetero) is 1. The van der Waals surface area contributed by atoms with Gasteiger partial charge in [0.15, 0.2) is 0 Å². The first-order valence-electron chi connectivity index (χ1n) is 8.54. The molecule has 0 spiro atoms. The van der Waals surface area contributed by atoms with E-state index in [2.05, 4.69) is 0 Å². The average Bonchev–Trinajstić information content (AvgIpc) is 2.88. The number of fused-ring (bicyclic) bond motifs is 3. The number of nitrogens with zero attached hydrogens (tertiary/aromatic N) is 1. The number of hydrogen-bond acceptors (Lipinski definition) is 3. The molecule has 120 valence electrons. The monoisotopic (exact) mass is 319 g/mol. The predicted molar refractivity (Wildman–Crippen MR) is 89.3 cm³/mol. The summed E-state index contributed by atoms with van der Waals surface area (Å²) in [6, 6.07) is 13.6. The van der Waals surface area contributed by atoms with Crippen LogP contribution in [0.5, 0.6) is 0 Å². The molecular weight excluding hydrogens is 302 g/mol. The Labute approximate surface area is 139 Å². The van der Waals surface area contributed by atoms with Gasteiger partial charge in [0.1, 0.15) is 5.78 Å². The fourth-order valence-electron chi connectivity index (χ4n) is 4.95. The summed E-state index contributed by atoms with van der Waals surface area (Å²) in [5, 5.41) is 2.08. The van der Waals surface area contributed by atoms with E-state index in [4.69, 9.17) is 0 Å². The minimum atomic E-state index is -0.427. The van der Waals surface area contributed by atoms with Gasteiger partial charge in [-0.1, -0.05) is 30.3 Å². The molecule has 3 saturated carbocycles. The molecule has 24 heavy (non-hydrogen) atoms. The normalized spacial score (nSPS) is 31.8. The number of ketones is 1. The van der Waals surface area contributed by atoms with Crippen LogP contribution in [-0.4, -0.2) is 17.6 Å². The number of anilines is 1. The highest BCUT2D eigenvalue weighted by atomic mass is 16.2. The van der Waals surface area contributed by atoms with Crippen LogP contribution in [0.3, 0.4) is 0 Å². The lowest BCUT2D eigenvalue weighted by molar-refractivity contribution is -0.143. The molecule has 0 unspecified atom stereocenters. The van der Waals surface area contributed by atoms with E-state index in [1.165, 1.54) is 4.90 Å². The van der Waals surface area contributed by atoms with Crippen LogP contribution in [0.1, 0.15) is 19.3 Å². The van der Waals surface area contributed by atoms with Crippen LogP contribution in [-0.2, 0) is 14.4 Å². The third kappa shape index (κ3) is 1.71. The molecule has 4 aliphatic rings. The lowest BCUT2D eigenvalue weighted by atomic mass is 9.59. The molecule has 4 heteroatoms. The Balaban J connectivity index is 1.60. The molecule has 3 aliphatic carbocycles. The van der Waals surface area contributed by atoms with Gasteiger partial charge in [-0.15, -0.1) is 0 Å². The highest BCUT2D eigenvalue weighted by Gasteiger charge is 2.60. The molecule has 0 aromatic heterocycles. The number of hydrogen-bond donors (Lipinski definition) is 0. The molecule has 1 heterocycles. The van der Waals surface area contributed by atoms with E-state index >= 15 is 0 Å². The van der Waals surface area contributed by atoms with E-state index in [0.717, 1.165) is 23.6 Å². The maximum atomic E-state index is 13.0. The van der Waals surface area contributed by atoms with E-state index in [0.29, 0.717) is 12.1 Å². The van der Waals surface area contributed by atoms with E-state index < -0.39 is 5.92 Å². The molecule has 1 aliphatic heterocycles. The van der Waals surface area contributed by atoms with Gasteiger partial charge in [0.2, 0.25) is 11.8 Å². The summed E-state index contributed by atoms with van der Waals surface area (Å²) in [5.74, 6) is -1.03. The SMILES string of the molecule is O=C1C[C@H]2CC[C@@H]1[C@H]1C(=O)N(c3ccc4ccccc4c3)C(=O)[C@@H]21. The van der Waals surface area contributed by atoms with Crippen molar-refractivity contribution in [1.82, 2.24) is 0 Å². The molecule has 4 atom stereocenters. The summed E-state index contributed by atoms with van der Waals surface area (Å²) < 4.78 is 0. The maximum Gasteiger partial charge on any atom is 0.238 e. The van der Waals surface area contributed by atoms with Gasteiger partial charge in [-0.2, -0.15) is 0 Å². The van der Waals surface area contributed by atoms with Crippen LogP contribution in [0.15, 0.2) is 42.5 Å². The lowest BCUT2D eigenvalue weighted by Crippen LogP contribution is -2.46. The number of imide groups is 1. The molecule has 2 amide bonds. The van der Waals surface area contributed by atoms with E-state index in [1.807, 2.05) is 42.5 Å². The quantitative estimate of drug-likeness (QED) is 0.759. The van der Waals surface area contributed by atoms with Crippen molar-refractivity contribution < 1.29 is 14.4 Å². The first-order valence-corrected chi connectivity index (χ1v) is 8.54. The number of carbonyl (C=O) groups excluding carboxylic acids is 3. The van der Waals surface area contributed by atoms with Crippen molar-refractivity contribution in [3.63, 3.8) is 0 Å². The van der Waals surface area contributed by atoms with Gasteiger partial charge < -0.3 is 0 Å². The van der Waals surface area contributed by atoms with Crippen molar-refractivity contribution in [2.45, 2.75) is 19.3 Å². The number of amides is 2. The molecule has 1 saturated heterocycles. The van der Waals surface area contributed by atoms with Gasteiger partial charge in [0.25, 0.3) is 0 Å². The van der Waals surface area contributed by atoms with Crippen molar-refractivity contribution in [3.8, 4) is 0 Å². The zero-order valence-corrected chi connectivity index (χ0v) is 13.1. The Kier molecular flexibility index (Phi) is 2.76. The Morgan fingerprint density at radius 1 is 0.833 bits per heavy atom. The zero-order valence-electron chi connectivity index (χ0n) is 13.1. The topological polar surface area (TPSA) is 54.5 Å². The maximum absolute atomic E-state index is 13.0. The van der Waals surface area contributed by atoms with Gasteiger partial charge >= 0.3 is 0 Å². The second-order valence-electron chi connectivity index (χ2n) is 7.21. The summed E-state index contributed by atoms with van der Waals surface area (Å²) in [7, 11) is 0. The van der Waals surface area contributed by atoms with Crippen LogP contribution < -0.4 is 4.90 Å². The summed E-state index contributed by atoms with van der Waals surface area (Å²) in [4.78, 5) is 39.5. The van der Waals surface area contributed by atoms with Gasteiger partial charge in [-0.25, -0.2) is 0 Å². The third-order valence-corrected chi connectivity index (χ3v) is 6.06. The Morgan fingerprint density at radius 2 is 1.58 bits per heavy atom. The van der Waals surface area contributed by atoms with Crippen molar-refractivity contribution in [3.05, 3.63) is 42.5 Å². The molecule has 4 nitrogen and oxygen atoms in total. The fraction of sp³-hybridized carbons (Fsp3) is 0.350. The first-order chi connectivity index (χ1) is 11.6. The summed E-state index contributed by atoms with van der Waals surface area (Å²) in [6.07, 6.45) is 2.12. The molecule has 6 rings (SSSR count). The number of rotatable bonds is 1. The largest absolute Gasteiger partial charge is 0.299 e. The van der Waals surface area contributed by atoms with Crippen molar-refractivity contribution in [2.75, 3.05) is 4.90 Å². The smallest absolute Gasteiger partial charge is 0.238 e. The molecular formula is C20H17NO3. The summed E-state index contributed by atoms with van der Waals surface area (Å²) >= 11 is 0. The average molecular weight is 319 g/mol. The van der Waals surface area contributed by atoms with Gasteiger partial charge in [0.05, 0.1) is 17.5 Å². The van der Waals surface area contributed by atoms with Gasteiger partial charge in [0, 0.05) is 12.3 Å². The highest BCUT2D eigenvalue weighted by Crippen LogP contribution is 2.52. The van der Waals surface area contributed by atoms with E-state index in [1.54, 1.807) is 0 Å². The zero-order chi connectivity index (χ0) is 16.4. The second kappa shape index (κ2) is 4.76. The minimum Gasteiger partial charge on any atom is -0.299 e. The van der Waals surface area contributed by atoms with Gasteiger partial charge in [-0.3, -0.25) is 19.3 Å². The highest BCUT2D eigenvalue weighted by molar-refractivity contribution is 6.24. The summed E-state index contributed by atoms with van der Waals surface area (Å²) in [6.45, 7) is 0. The van der Waals surface area contributed by atoms with Crippen LogP contribution in [0.2, 0.25) is 0 Å². The van der Waals surface area contributed by atoms with Crippen molar-refractivity contribution >= 4 is 34.1 Å². The predicted octanol–water partition coefficient (Wildman–Crippen LogP) is 2.94. The second-order valence-corrected chi connectivity index (χ2v) is 7.21. The first kappa shape index (κ1) is 13.9. The Morgan fingerprint density at radius 3 is 2.38 bits per heavy atom. The lowest BCUT2D eigenvalue weighted by Gasteiger charge is -2.41. The Bertz CT molecular complexity index is 903. The Hall–Kier alpha value is -2.49. The molecule has 0 N–H and O–H groups in total. The third-order valence-electron chi connectivity index (χ3n) is 6.06.